The van der Waals surface area contributed by atoms with Crippen LogP contribution in [0.3, 0.4) is 0 Å². The van der Waals surface area contributed by atoms with Crippen molar-refractivity contribution >= 4 is 0 Å². The van der Waals surface area contributed by atoms with Crippen LogP contribution in [0.1, 0.15) is 194 Å². The Labute approximate surface area is 217 Å². The number of unbranched alkanes of at least 4 members (excludes halogenated alkanes) is 25. The molecule has 0 saturated carbocycles. The van der Waals surface area contributed by atoms with Crippen molar-refractivity contribution in [3.05, 3.63) is 24.3 Å². The summed E-state index contributed by atoms with van der Waals surface area (Å²) in [5.74, 6) is 0. The Morgan fingerprint density at radius 2 is 0.500 bits per heavy atom. The second-order valence-electron chi connectivity index (χ2n) is 10.8. The predicted octanol–water partition coefficient (Wildman–Crippen LogP) is 13.1. The zero-order valence-electron chi connectivity index (χ0n) is 24.1. The molecule has 0 heteroatoms. The van der Waals surface area contributed by atoms with Crippen molar-refractivity contribution in [3.63, 3.8) is 0 Å². The first-order chi connectivity index (χ1) is 16.9. The molecule has 0 amide bonds. The standard InChI is InChI=1S/C34H66/c1-3-5-7-9-11-13-15-17-19-21-23-25-27-29-31-33-34-32-30-28-26-24-22-20-18-16-14-12-10-8-6-4-2/h5,7,28,30H,3-4,6,8-27,29,31-34H2,1-2H3. The van der Waals surface area contributed by atoms with Crippen LogP contribution in [0.15, 0.2) is 24.3 Å². The molecule has 0 aliphatic heterocycles. The molecule has 0 fully saturated rings. The van der Waals surface area contributed by atoms with Gasteiger partial charge in [-0.15, -0.1) is 0 Å². The van der Waals surface area contributed by atoms with Gasteiger partial charge in [0.1, 0.15) is 0 Å². The van der Waals surface area contributed by atoms with Gasteiger partial charge in [0.2, 0.25) is 0 Å². The Morgan fingerprint density at radius 1 is 0.265 bits per heavy atom. The molecular weight excluding hydrogens is 408 g/mol. The molecular formula is C34H66. The zero-order valence-corrected chi connectivity index (χ0v) is 24.1. The average Bonchev–Trinajstić information content (AvgIpc) is 2.85. The van der Waals surface area contributed by atoms with Gasteiger partial charge in [0.25, 0.3) is 0 Å². The largest absolute Gasteiger partial charge is 0.0888 e. The van der Waals surface area contributed by atoms with Crippen LogP contribution in [-0.4, -0.2) is 0 Å². The summed E-state index contributed by atoms with van der Waals surface area (Å²) in [6.45, 7) is 4.52. The van der Waals surface area contributed by atoms with Gasteiger partial charge < -0.3 is 0 Å². The molecule has 0 N–H and O–H groups in total. The summed E-state index contributed by atoms with van der Waals surface area (Å²) in [5.41, 5.74) is 0. The third-order valence-corrected chi connectivity index (χ3v) is 7.28. The lowest BCUT2D eigenvalue weighted by atomic mass is 10.0. The summed E-state index contributed by atoms with van der Waals surface area (Å²) in [6, 6.07) is 0. The van der Waals surface area contributed by atoms with Gasteiger partial charge in [-0.25, -0.2) is 0 Å². The summed E-state index contributed by atoms with van der Waals surface area (Å²) in [7, 11) is 0. The Bertz CT molecular complexity index is 391. The minimum absolute atomic E-state index is 1.19. The third-order valence-electron chi connectivity index (χ3n) is 7.28. The van der Waals surface area contributed by atoms with E-state index in [0.29, 0.717) is 0 Å². The first kappa shape index (κ1) is 33.5. The van der Waals surface area contributed by atoms with Gasteiger partial charge in [0.15, 0.2) is 0 Å². The van der Waals surface area contributed by atoms with Crippen LogP contribution < -0.4 is 0 Å². The molecule has 0 heterocycles. The van der Waals surface area contributed by atoms with E-state index in [9.17, 15) is 0 Å². The minimum Gasteiger partial charge on any atom is -0.0888 e. The van der Waals surface area contributed by atoms with Gasteiger partial charge in [0, 0.05) is 0 Å². The molecule has 0 atom stereocenters. The fourth-order valence-corrected chi connectivity index (χ4v) is 4.92. The fraction of sp³-hybridized carbons (Fsp3) is 0.882. The monoisotopic (exact) mass is 475 g/mol. The molecule has 0 aromatic heterocycles. The molecule has 0 bridgehead atoms. The summed E-state index contributed by atoms with van der Waals surface area (Å²) in [4.78, 5) is 0. The molecule has 0 aromatic rings. The second-order valence-corrected chi connectivity index (χ2v) is 10.8. The first-order valence-electron chi connectivity index (χ1n) is 16.2. The van der Waals surface area contributed by atoms with Crippen molar-refractivity contribution in [1.82, 2.24) is 0 Å². The highest BCUT2D eigenvalue weighted by atomic mass is 14.0. The molecule has 0 aromatic carbocycles. The van der Waals surface area contributed by atoms with Crippen molar-refractivity contribution in [1.29, 1.82) is 0 Å². The molecule has 0 rings (SSSR count). The van der Waals surface area contributed by atoms with Crippen molar-refractivity contribution < 1.29 is 0 Å². The lowest BCUT2D eigenvalue weighted by Crippen LogP contribution is -1.83. The van der Waals surface area contributed by atoms with Crippen molar-refractivity contribution in [2.45, 2.75) is 194 Å². The van der Waals surface area contributed by atoms with Crippen LogP contribution in [0.25, 0.3) is 0 Å². The number of hydrogen-bond donors (Lipinski definition) is 0. The van der Waals surface area contributed by atoms with E-state index in [0.717, 1.165) is 0 Å². The van der Waals surface area contributed by atoms with E-state index in [-0.39, 0.29) is 0 Å². The average molecular weight is 475 g/mol. The van der Waals surface area contributed by atoms with E-state index in [1.165, 1.54) is 180 Å². The van der Waals surface area contributed by atoms with E-state index in [2.05, 4.69) is 38.2 Å². The molecule has 0 saturated heterocycles. The van der Waals surface area contributed by atoms with Crippen molar-refractivity contribution in [2.75, 3.05) is 0 Å². The highest BCUT2D eigenvalue weighted by molar-refractivity contribution is 4.81. The van der Waals surface area contributed by atoms with Crippen LogP contribution in [0.2, 0.25) is 0 Å². The zero-order chi connectivity index (χ0) is 24.6. The maximum absolute atomic E-state index is 2.46. The van der Waals surface area contributed by atoms with E-state index in [1.54, 1.807) is 0 Å². The second kappa shape index (κ2) is 32.5. The fourth-order valence-electron chi connectivity index (χ4n) is 4.92. The minimum atomic E-state index is 1.19. The SMILES string of the molecule is CCC=CCCCCCCCCCCCCCCCC=CCCCCCCCCCCCCC. The highest BCUT2D eigenvalue weighted by Gasteiger charge is 1.95. The smallest absolute Gasteiger partial charge is 0.0351 e. The van der Waals surface area contributed by atoms with Crippen LogP contribution in [0, 0.1) is 0 Å². The van der Waals surface area contributed by atoms with Crippen LogP contribution >= 0.6 is 0 Å². The molecule has 0 spiro atoms. The molecule has 0 aliphatic rings. The van der Waals surface area contributed by atoms with Gasteiger partial charge in [-0.3, -0.25) is 0 Å². The molecule has 0 aliphatic carbocycles. The maximum atomic E-state index is 2.46. The van der Waals surface area contributed by atoms with E-state index in [1.807, 2.05) is 0 Å². The first-order valence-corrected chi connectivity index (χ1v) is 16.2. The van der Waals surface area contributed by atoms with E-state index >= 15 is 0 Å². The van der Waals surface area contributed by atoms with Gasteiger partial charge in [-0.2, -0.15) is 0 Å². The van der Waals surface area contributed by atoms with Gasteiger partial charge >= 0.3 is 0 Å². The lowest BCUT2D eigenvalue weighted by Gasteiger charge is -2.03. The van der Waals surface area contributed by atoms with E-state index in [4.69, 9.17) is 0 Å². The highest BCUT2D eigenvalue weighted by Crippen LogP contribution is 2.14. The predicted molar refractivity (Wildman–Crippen MR) is 159 cm³/mol. The molecule has 202 valence electrons. The number of rotatable bonds is 29. The topological polar surface area (TPSA) is 0 Å². The molecule has 0 unspecified atom stereocenters. The lowest BCUT2D eigenvalue weighted by molar-refractivity contribution is 0.537. The van der Waals surface area contributed by atoms with Gasteiger partial charge in [-0.05, 0) is 44.9 Å². The normalized spacial score (nSPS) is 11.9. The van der Waals surface area contributed by atoms with Crippen LogP contribution in [0.4, 0.5) is 0 Å². The number of allylic oxidation sites excluding steroid dienone is 4. The number of hydrogen-bond acceptors (Lipinski definition) is 0. The quantitative estimate of drug-likeness (QED) is 0.0746. The summed E-state index contributed by atoms with van der Waals surface area (Å²) < 4.78 is 0. The Balaban J connectivity index is 3.08. The summed E-state index contributed by atoms with van der Waals surface area (Å²) >= 11 is 0. The molecule has 34 heavy (non-hydrogen) atoms. The summed E-state index contributed by atoms with van der Waals surface area (Å²) in [6.07, 6.45) is 49.5. The Hall–Kier alpha value is -0.520. The van der Waals surface area contributed by atoms with E-state index < -0.39 is 0 Å². The Kier molecular flexibility index (Phi) is 32.0. The maximum Gasteiger partial charge on any atom is -0.0351 e. The van der Waals surface area contributed by atoms with Gasteiger partial charge in [0.05, 0.1) is 0 Å². The van der Waals surface area contributed by atoms with Crippen LogP contribution in [0.5, 0.6) is 0 Å². The third kappa shape index (κ3) is 31.5. The Morgan fingerprint density at radius 3 is 0.765 bits per heavy atom. The molecule has 0 radical (unpaired) electrons. The van der Waals surface area contributed by atoms with Gasteiger partial charge in [-0.1, -0.05) is 173 Å². The van der Waals surface area contributed by atoms with Crippen molar-refractivity contribution in [3.8, 4) is 0 Å². The van der Waals surface area contributed by atoms with Crippen molar-refractivity contribution in [2.24, 2.45) is 0 Å². The van der Waals surface area contributed by atoms with Crippen LogP contribution in [-0.2, 0) is 0 Å². The summed E-state index contributed by atoms with van der Waals surface area (Å²) in [5, 5.41) is 0. The molecule has 0 nitrogen and oxygen atoms in total.